The van der Waals surface area contributed by atoms with Crippen LogP contribution in [0.3, 0.4) is 0 Å². The molecule has 1 spiro atoms. The van der Waals surface area contributed by atoms with Gasteiger partial charge in [-0.2, -0.15) is 0 Å². The number of rotatable bonds is 5. The van der Waals surface area contributed by atoms with Crippen molar-refractivity contribution >= 4 is 17.1 Å². The Bertz CT molecular complexity index is 2900. The molecule has 12 rings (SSSR count). The molecule has 1 heteroatoms. The molecule has 0 N–H and O–H groups in total. The predicted octanol–water partition coefficient (Wildman–Crippen LogP) is 14.9. The molecule has 0 atom stereocenters. The smallest absolute Gasteiger partial charge is 0.0726 e. The van der Waals surface area contributed by atoms with E-state index in [2.05, 4.69) is 182 Å². The summed E-state index contributed by atoms with van der Waals surface area (Å²) in [6.07, 6.45) is 9.48. The van der Waals surface area contributed by atoms with E-state index in [0.29, 0.717) is 0 Å². The second-order valence-corrected chi connectivity index (χ2v) is 17.3. The fraction of sp³-hybridized carbons (Fsp3) is 0.172. The standard InChI is InChI=1S/C58H47N/c1-38-30-31-42-19-6-8-22-45(42)57(38)50-36-49-48-25-11-14-28-53(48)58(51-26-12-9-23-46(51)47-24-10-13-27-52(47)58)54(49)37-56(50)59(55-29-15-20-41-18-5-7-21-44(41)55)43-34-32-40(33-35-43)39-16-3-2-4-17-39/h2-4,9-17,20,23-37H,5-8,18-19,21-22H2,1H3. The molecular weight excluding hydrogens is 711 g/mol. The molecule has 8 aromatic carbocycles. The Morgan fingerprint density at radius 1 is 0.390 bits per heavy atom. The van der Waals surface area contributed by atoms with E-state index >= 15 is 0 Å². The third kappa shape index (κ3) is 5.10. The Hall–Kier alpha value is -6.44. The van der Waals surface area contributed by atoms with Gasteiger partial charge in [-0.1, -0.05) is 140 Å². The zero-order valence-electron chi connectivity index (χ0n) is 33.8. The van der Waals surface area contributed by atoms with Crippen LogP contribution in [0.1, 0.15) is 75.8 Å². The number of hydrogen-bond donors (Lipinski definition) is 0. The molecule has 0 unspecified atom stereocenters. The predicted molar refractivity (Wildman–Crippen MR) is 246 cm³/mol. The Balaban J connectivity index is 1.21. The molecule has 59 heavy (non-hydrogen) atoms. The molecule has 1 nitrogen and oxygen atoms in total. The van der Waals surface area contributed by atoms with Crippen LogP contribution in [0.15, 0.2) is 170 Å². The number of aryl methyl sites for hydroxylation is 3. The van der Waals surface area contributed by atoms with Crippen molar-refractivity contribution in [2.45, 2.75) is 63.7 Å². The van der Waals surface area contributed by atoms with E-state index < -0.39 is 5.41 Å². The van der Waals surface area contributed by atoms with Crippen molar-refractivity contribution in [1.82, 2.24) is 0 Å². The fourth-order valence-electron chi connectivity index (χ4n) is 11.6. The first-order chi connectivity index (χ1) is 29.2. The first-order valence-electron chi connectivity index (χ1n) is 21.9. The molecule has 4 aliphatic rings. The summed E-state index contributed by atoms with van der Waals surface area (Å²) in [7, 11) is 0. The van der Waals surface area contributed by atoms with Gasteiger partial charge in [0.1, 0.15) is 0 Å². The Morgan fingerprint density at radius 2 is 0.949 bits per heavy atom. The van der Waals surface area contributed by atoms with Gasteiger partial charge in [-0.3, -0.25) is 0 Å². The topological polar surface area (TPSA) is 3.24 Å². The average Bonchev–Trinajstić information content (AvgIpc) is 3.76. The van der Waals surface area contributed by atoms with E-state index in [9.17, 15) is 0 Å². The van der Waals surface area contributed by atoms with Crippen LogP contribution in [0.2, 0.25) is 0 Å². The zero-order valence-corrected chi connectivity index (χ0v) is 33.8. The van der Waals surface area contributed by atoms with E-state index in [-0.39, 0.29) is 0 Å². The van der Waals surface area contributed by atoms with Gasteiger partial charge in [0, 0.05) is 16.9 Å². The fourth-order valence-corrected chi connectivity index (χ4v) is 11.6. The highest BCUT2D eigenvalue weighted by Crippen LogP contribution is 2.64. The van der Waals surface area contributed by atoms with E-state index in [1.807, 2.05) is 0 Å². The molecule has 8 aromatic rings. The lowest BCUT2D eigenvalue weighted by Crippen LogP contribution is -2.26. The van der Waals surface area contributed by atoms with Crippen LogP contribution in [-0.4, -0.2) is 0 Å². The lowest BCUT2D eigenvalue weighted by atomic mass is 9.70. The van der Waals surface area contributed by atoms with Gasteiger partial charge in [0.05, 0.1) is 11.1 Å². The first-order valence-corrected chi connectivity index (χ1v) is 21.9. The van der Waals surface area contributed by atoms with E-state index in [4.69, 9.17) is 0 Å². The lowest BCUT2D eigenvalue weighted by molar-refractivity contribution is 0.685. The molecule has 0 bridgehead atoms. The molecule has 284 valence electrons. The lowest BCUT2D eigenvalue weighted by Gasteiger charge is -2.35. The quantitative estimate of drug-likeness (QED) is 0.169. The van der Waals surface area contributed by atoms with Crippen molar-refractivity contribution in [2.24, 2.45) is 0 Å². The first kappa shape index (κ1) is 34.6. The van der Waals surface area contributed by atoms with E-state index in [1.54, 1.807) is 5.56 Å². The Labute approximate surface area is 348 Å². The SMILES string of the molecule is Cc1ccc2c(c1-c1cc3c(cc1N(c1ccc(-c4ccccc4)cc1)c1cccc4c1CCCC4)C1(c4ccccc4-c4ccccc41)c1ccccc1-3)CCCC2. The van der Waals surface area contributed by atoms with Crippen LogP contribution >= 0.6 is 0 Å². The van der Waals surface area contributed by atoms with Gasteiger partial charge in [0.15, 0.2) is 0 Å². The van der Waals surface area contributed by atoms with Crippen LogP contribution in [0, 0.1) is 6.92 Å². The summed E-state index contributed by atoms with van der Waals surface area (Å²) >= 11 is 0. The second kappa shape index (κ2) is 13.6. The number of anilines is 3. The molecule has 0 heterocycles. The minimum absolute atomic E-state index is 0.434. The van der Waals surface area contributed by atoms with Gasteiger partial charge in [-0.25, -0.2) is 0 Å². The highest BCUT2D eigenvalue weighted by molar-refractivity contribution is 6.01. The largest absolute Gasteiger partial charge is 0.310 e. The molecule has 4 aliphatic carbocycles. The molecule has 0 radical (unpaired) electrons. The molecule has 0 aliphatic heterocycles. The normalized spacial score (nSPS) is 15.1. The van der Waals surface area contributed by atoms with Crippen molar-refractivity contribution in [3.05, 3.63) is 220 Å². The summed E-state index contributed by atoms with van der Waals surface area (Å²) in [4.78, 5) is 2.67. The van der Waals surface area contributed by atoms with E-state index in [0.717, 1.165) is 25.7 Å². The van der Waals surface area contributed by atoms with Crippen LogP contribution in [0.5, 0.6) is 0 Å². The Kier molecular flexibility index (Phi) is 7.95. The second-order valence-electron chi connectivity index (χ2n) is 17.3. The van der Waals surface area contributed by atoms with Crippen LogP contribution in [0.4, 0.5) is 17.1 Å². The number of benzene rings is 8. The summed E-state index contributed by atoms with van der Waals surface area (Å²) in [5.41, 5.74) is 26.9. The van der Waals surface area contributed by atoms with Gasteiger partial charge in [0.25, 0.3) is 0 Å². The third-order valence-corrected chi connectivity index (χ3v) is 14.2. The number of nitrogens with zero attached hydrogens (tertiary/aromatic N) is 1. The third-order valence-electron chi connectivity index (χ3n) is 14.2. The maximum Gasteiger partial charge on any atom is 0.0726 e. The summed E-state index contributed by atoms with van der Waals surface area (Å²) in [5.74, 6) is 0. The van der Waals surface area contributed by atoms with Crippen molar-refractivity contribution in [1.29, 1.82) is 0 Å². The monoisotopic (exact) mass is 757 g/mol. The van der Waals surface area contributed by atoms with Crippen molar-refractivity contribution < 1.29 is 0 Å². The molecule has 0 saturated carbocycles. The number of fused-ring (bicyclic) bond motifs is 12. The maximum absolute atomic E-state index is 2.67. The Morgan fingerprint density at radius 3 is 1.63 bits per heavy atom. The van der Waals surface area contributed by atoms with Gasteiger partial charge in [-0.05, 0) is 178 Å². The minimum atomic E-state index is -0.434. The minimum Gasteiger partial charge on any atom is -0.310 e. The van der Waals surface area contributed by atoms with Crippen LogP contribution in [0.25, 0.3) is 44.5 Å². The van der Waals surface area contributed by atoms with E-state index in [1.165, 1.54) is 132 Å². The highest BCUT2D eigenvalue weighted by atomic mass is 15.1. The van der Waals surface area contributed by atoms with Gasteiger partial charge in [-0.15, -0.1) is 0 Å². The molecule has 0 aromatic heterocycles. The van der Waals surface area contributed by atoms with Gasteiger partial charge in [0.2, 0.25) is 0 Å². The maximum atomic E-state index is 2.67. The van der Waals surface area contributed by atoms with Gasteiger partial charge < -0.3 is 4.90 Å². The van der Waals surface area contributed by atoms with Gasteiger partial charge >= 0.3 is 0 Å². The molecule has 0 saturated heterocycles. The highest BCUT2D eigenvalue weighted by Gasteiger charge is 2.52. The molecule has 0 amide bonds. The summed E-state index contributed by atoms with van der Waals surface area (Å²) in [6.45, 7) is 2.35. The molecular formula is C58H47N. The van der Waals surface area contributed by atoms with Crippen molar-refractivity contribution in [3.8, 4) is 44.5 Å². The zero-order chi connectivity index (χ0) is 39.1. The summed E-state index contributed by atoms with van der Waals surface area (Å²) in [6, 6.07) is 65.1. The van der Waals surface area contributed by atoms with Crippen molar-refractivity contribution in [3.63, 3.8) is 0 Å². The average molecular weight is 758 g/mol. The summed E-state index contributed by atoms with van der Waals surface area (Å²) in [5, 5.41) is 0. The summed E-state index contributed by atoms with van der Waals surface area (Å²) < 4.78 is 0. The van der Waals surface area contributed by atoms with Crippen molar-refractivity contribution in [2.75, 3.05) is 4.90 Å². The molecule has 0 fully saturated rings. The number of hydrogen-bond acceptors (Lipinski definition) is 1. The van der Waals surface area contributed by atoms with Crippen LogP contribution < -0.4 is 4.90 Å². The van der Waals surface area contributed by atoms with Crippen LogP contribution in [-0.2, 0) is 31.1 Å².